The Morgan fingerprint density at radius 2 is 1.93 bits per heavy atom. The van der Waals surface area contributed by atoms with E-state index in [1.165, 1.54) is 25.0 Å². The average Bonchev–Trinajstić information content (AvgIpc) is 3.40. The van der Waals surface area contributed by atoms with Gasteiger partial charge in [-0.15, -0.1) is 0 Å². The molecule has 4 rings (SSSR count). The minimum absolute atomic E-state index is 0.0988. The fraction of sp³-hybridized carbons (Fsp3) is 0.364. The van der Waals surface area contributed by atoms with Crippen LogP contribution in [0, 0.1) is 5.41 Å². The molecule has 1 atom stereocenters. The summed E-state index contributed by atoms with van der Waals surface area (Å²) in [5, 5.41) is 2.67. The van der Waals surface area contributed by atoms with Crippen LogP contribution in [0.25, 0.3) is 10.9 Å². The number of aryl methyl sites for hydroxylation is 1. The van der Waals surface area contributed by atoms with Crippen LogP contribution in [-0.2, 0) is 21.3 Å². The number of benzene rings is 2. The largest absolute Gasteiger partial charge is 0.373 e. The molecule has 0 aliphatic heterocycles. The van der Waals surface area contributed by atoms with Gasteiger partial charge in [0.2, 0.25) is 0 Å². The first-order valence-corrected chi connectivity index (χ1v) is 12.7. The van der Waals surface area contributed by atoms with E-state index in [-0.39, 0.29) is 16.4 Å². The Morgan fingerprint density at radius 1 is 1.20 bits per heavy atom. The minimum Gasteiger partial charge on any atom is -0.373 e. The summed E-state index contributed by atoms with van der Waals surface area (Å²) in [7, 11) is -4.18. The Kier molecular flexibility index (Phi) is 6.28. The van der Waals surface area contributed by atoms with Gasteiger partial charge in [-0.3, -0.25) is 4.55 Å². The van der Waals surface area contributed by atoms with Crippen molar-refractivity contribution in [3.05, 3.63) is 64.8 Å². The van der Waals surface area contributed by atoms with Gasteiger partial charge in [-0.25, -0.2) is 0 Å². The molecule has 0 radical (unpaired) electrons. The van der Waals surface area contributed by atoms with Gasteiger partial charge in [-0.2, -0.15) is 8.42 Å². The molecule has 0 spiro atoms. The van der Waals surface area contributed by atoms with Gasteiger partial charge < -0.3 is 9.72 Å². The summed E-state index contributed by atoms with van der Waals surface area (Å²) < 4.78 is 38.1. The Morgan fingerprint density at radius 3 is 2.57 bits per heavy atom. The van der Waals surface area contributed by atoms with Crippen molar-refractivity contribution in [3.63, 3.8) is 0 Å². The van der Waals surface area contributed by atoms with Crippen molar-refractivity contribution in [2.24, 2.45) is 5.41 Å². The predicted octanol–water partition coefficient (Wildman–Crippen LogP) is 5.93. The highest BCUT2D eigenvalue weighted by atomic mass is 79.9. The molecule has 8 heteroatoms. The number of H-pyrrole nitrogens is 1. The van der Waals surface area contributed by atoms with Gasteiger partial charge in [0.1, 0.15) is 0 Å². The molecule has 1 heterocycles. The zero-order valence-electron chi connectivity index (χ0n) is 16.3. The number of alkyl halides is 1. The number of halogens is 2. The molecule has 160 valence electrons. The fourth-order valence-electron chi connectivity index (χ4n) is 3.61. The summed E-state index contributed by atoms with van der Waals surface area (Å²) in [6, 6.07) is 12.1. The van der Waals surface area contributed by atoms with E-state index < -0.39 is 10.1 Å². The summed E-state index contributed by atoms with van der Waals surface area (Å²) in [5.74, 6) is 0. The van der Waals surface area contributed by atoms with Crippen molar-refractivity contribution in [2.45, 2.75) is 36.7 Å². The Bertz CT molecular complexity index is 1140. The van der Waals surface area contributed by atoms with E-state index in [0.717, 1.165) is 33.8 Å². The zero-order chi connectivity index (χ0) is 21.4. The van der Waals surface area contributed by atoms with Gasteiger partial charge in [0.15, 0.2) is 0 Å². The summed E-state index contributed by atoms with van der Waals surface area (Å²) in [4.78, 5) is 3.20. The number of aromatic nitrogens is 1. The molecule has 1 unspecified atom stereocenters. The van der Waals surface area contributed by atoms with E-state index in [1.807, 2.05) is 24.4 Å². The summed E-state index contributed by atoms with van der Waals surface area (Å²) in [6.07, 6.45) is 5.66. The first-order valence-electron chi connectivity index (χ1n) is 9.80. The smallest absolute Gasteiger partial charge is 0.294 e. The van der Waals surface area contributed by atoms with Gasteiger partial charge in [-0.05, 0) is 61.6 Å². The lowest BCUT2D eigenvalue weighted by Gasteiger charge is -2.21. The number of rotatable bonds is 9. The number of ether oxygens (including phenoxy) is 1. The standard InChI is InChI=1S/C22H23BrClNO4S/c23-13-22(9-10-22)14-29-21(19-12-25-20-7-4-16(24)11-18(19)20)8-3-15-1-5-17(6-2-15)30(26,27)28/h1-2,4-7,11-12,21,25H,3,8-10,13-14H2,(H,26,27,28). The lowest BCUT2D eigenvalue weighted by atomic mass is 10.00. The third kappa shape index (κ3) is 4.92. The van der Waals surface area contributed by atoms with Gasteiger partial charge in [-0.1, -0.05) is 39.7 Å². The van der Waals surface area contributed by atoms with Crippen molar-refractivity contribution in [1.29, 1.82) is 0 Å². The van der Waals surface area contributed by atoms with Crippen molar-refractivity contribution < 1.29 is 17.7 Å². The lowest BCUT2D eigenvalue weighted by molar-refractivity contribution is 0.0224. The monoisotopic (exact) mass is 511 g/mol. The average molecular weight is 513 g/mol. The van der Waals surface area contributed by atoms with E-state index in [2.05, 4.69) is 20.9 Å². The van der Waals surface area contributed by atoms with Gasteiger partial charge in [0, 0.05) is 38.4 Å². The molecule has 3 aromatic rings. The highest BCUT2D eigenvalue weighted by Gasteiger charge is 2.42. The van der Waals surface area contributed by atoms with Crippen LogP contribution < -0.4 is 0 Å². The maximum atomic E-state index is 11.2. The molecule has 1 fully saturated rings. The number of nitrogens with one attached hydrogen (secondary N) is 1. The van der Waals surface area contributed by atoms with E-state index in [9.17, 15) is 8.42 Å². The fourth-order valence-corrected chi connectivity index (χ4v) is 4.98. The van der Waals surface area contributed by atoms with Crippen LogP contribution in [0.1, 0.15) is 36.5 Å². The molecule has 30 heavy (non-hydrogen) atoms. The summed E-state index contributed by atoms with van der Waals surface area (Å²) >= 11 is 9.84. The van der Waals surface area contributed by atoms with Crippen LogP contribution in [0.15, 0.2) is 53.6 Å². The van der Waals surface area contributed by atoms with Gasteiger partial charge >= 0.3 is 0 Å². The lowest BCUT2D eigenvalue weighted by Crippen LogP contribution is -2.16. The van der Waals surface area contributed by atoms with E-state index in [1.54, 1.807) is 12.1 Å². The van der Waals surface area contributed by atoms with Gasteiger partial charge in [0.05, 0.1) is 17.6 Å². The van der Waals surface area contributed by atoms with Crippen LogP contribution in [0.5, 0.6) is 0 Å². The van der Waals surface area contributed by atoms with Crippen molar-refractivity contribution >= 4 is 48.6 Å². The van der Waals surface area contributed by atoms with Crippen LogP contribution in [0.3, 0.4) is 0 Å². The van der Waals surface area contributed by atoms with Crippen molar-refractivity contribution in [3.8, 4) is 0 Å². The second-order valence-corrected chi connectivity index (χ2v) is 10.4. The molecule has 1 aromatic heterocycles. The normalized spacial score (nSPS) is 16.6. The van der Waals surface area contributed by atoms with Crippen molar-refractivity contribution in [2.75, 3.05) is 11.9 Å². The van der Waals surface area contributed by atoms with E-state index in [0.29, 0.717) is 18.1 Å². The third-order valence-corrected chi connectivity index (χ3v) is 8.06. The Labute approximate surface area is 189 Å². The molecule has 2 N–H and O–H groups in total. The third-order valence-electron chi connectivity index (χ3n) is 5.77. The molecule has 1 saturated carbocycles. The molecule has 0 saturated heterocycles. The van der Waals surface area contributed by atoms with E-state index >= 15 is 0 Å². The molecule has 2 aromatic carbocycles. The first-order chi connectivity index (χ1) is 14.3. The molecule has 0 bridgehead atoms. The Hall–Kier alpha value is -1.38. The zero-order valence-corrected chi connectivity index (χ0v) is 19.4. The second kappa shape index (κ2) is 8.63. The number of aromatic amines is 1. The molecule has 5 nitrogen and oxygen atoms in total. The van der Waals surface area contributed by atoms with Crippen LogP contribution in [-0.4, -0.2) is 29.9 Å². The van der Waals surface area contributed by atoms with Gasteiger partial charge in [0.25, 0.3) is 10.1 Å². The SMILES string of the molecule is O=S(=O)(O)c1ccc(CCC(OCC2(CBr)CC2)c2c[nH]c3ccc(Cl)cc23)cc1. The number of hydrogen-bond acceptors (Lipinski definition) is 3. The molecule has 0 amide bonds. The van der Waals surface area contributed by atoms with E-state index in [4.69, 9.17) is 20.9 Å². The van der Waals surface area contributed by atoms with Crippen LogP contribution >= 0.6 is 27.5 Å². The highest BCUT2D eigenvalue weighted by Crippen LogP contribution is 2.48. The second-order valence-electron chi connectivity index (χ2n) is 8.02. The minimum atomic E-state index is -4.18. The maximum Gasteiger partial charge on any atom is 0.294 e. The number of hydrogen-bond donors (Lipinski definition) is 2. The highest BCUT2D eigenvalue weighted by molar-refractivity contribution is 9.09. The first kappa shape index (κ1) is 21.8. The van der Waals surface area contributed by atoms with Crippen molar-refractivity contribution in [1.82, 2.24) is 4.98 Å². The maximum absolute atomic E-state index is 11.2. The van der Waals surface area contributed by atoms with Crippen LogP contribution in [0.2, 0.25) is 5.02 Å². The predicted molar refractivity (Wildman–Crippen MR) is 122 cm³/mol. The summed E-state index contributed by atoms with van der Waals surface area (Å²) in [6.45, 7) is 0.692. The molecule has 1 aliphatic carbocycles. The summed E-state index contributed by atoms with van der Waals surface area (Å²) in [5.41, 5.74) is 3.31. The molecule has 1 aliphatic rings. The molecular weight excluding hydrogens is 490 g/mol. The molecular formula is C22H23BrClNO4S. The topological polar surface area (TPSA) is 79.4 Å². The quantitative estimate of drug-likeness (QED) is 0.275. The Balaban J connectivity index is 1.55. The van der Waals surface area contributed by atoms with Crippen LogP contribution in [0.4, 0.5) is 0 Å². The number of fused-ring (bicyclic) bond motifs is 1.